The van der Waals surface area contributed by atoms with Gasteiger partial charge in [0, 0.05) is 29.6 Å². The van der Waals surface area contributed by atoms with E-state index in [1.165, 1.54) is 16.2 Å². The van der Waals surface area contributed by atoms with Crippen molar-refractivity contribution in [2.45, 2.75) is 58.8 Å². The van der Waals surface area contributed by atoms with Gasteiger partial charge in [0.2, 0.25) is 17.7 Å². The maximum Gasteiger partial charge on any atom is 0.246 e. The zero-order chi connectivity index (χ0) is 47.5. The number of likely N-dealkylation sites (tertiary alicyclic amines) is 1. The summed E-state index contributed by atoms with van der Waals surface area (Å²) >= 11 is 3.06. The van der Waals surface area contributed by atoms with Gasteiger partial charge >= 0.3 is 0 Å². The Kier molecular flexibility index (Phi) is 16.5. The van der Waals surface area contributed by atoms with Gasteiger partial charge in [-0.3, -0.25) is 14.4 Å². The lowest BCUT2D eigenvalue weighted by Gasteiger charge is -2.35. The van der Waals surface area contributed by atoms with Gasteiger partial charge in [0.25, 0.3) is 0 Å². The lowest BCUT2D eigenvalue weighted by atomic mass is 9.85. The van der Waals surface area contributed by atoms with Crippen molar-refractivity contribution in [2.75, 3.05) is 52.8 Å². The van der Waals surface area contributed by atoms with Crippen LogP contribution in [0.4, 0.5) is 0 Å². The zero-order valence-electron chi connectivity index (χ0n) is 37.9. The van der Waals surface area contributed by atoms with Crippen LogP contribution in [0.3, 0.4) is 0 Å². The number of fused-ring (bicyclic) bond motifs is 1. The van der Waals surface area contributed by atoms with E-state index in [1.54, 1.807) is 35.6 Å². The Morgan fingerprint density at radius 1 is 0.806 bits per heavy atom. The number of aromatic nitrogens is 1. The normalized spacial score (nSPS) is 15.4. The van der Waals surface area contributed by atoms with Crippen molar-refractivity contribution in [3.63, 3.8) is 0 Å². The number of phenols is 2. The molecule has 1 saturated heterocycles. The minimum absolute atomic E-state index is 0.0221. The topological polar surface area (TPSA) is 198 Å². The molecule has 15 nitrogen and oxygen atoms in total. The Balaban J connectivity index is 0.771. The van der Waals surface area contributed by atoms with Gasteiger partial charge in [-0.25, -0.2) is 4.98 Å². The van der Waals surface area contributed by atoms with Crippen LogP contribution in [0.25, 0.3) is 31.0 Å². The molecule has 17 heteroatoms. The number of aliphatic hydroxyl groups excluding tert-OH is 1. The number of hydrogen-bond acceptors (Lipinski definition) is 14. The number of ether oxygens (including phenoxy) is 5. The molecule has 1 aliphatic heterocycles. The van der Waals surface area contributed by atoms with Crippen LogP contribution in [-0.2, 0) is 35.1 Å². The molecule has 354 valence electrons. The second-order valence-electron chi connectivity index (χ2n) is 17.1. The fourth-order valence-electron chi connectivity index (χ4n) is 7.49. The monoisotopic (exact) mass is 952 g/mol. The Labute approximate surface area is 397 Å². The quantitative estimate of drug-likeness (QED) is 0.0448. The third-order valence-electron chi connectivity index (χ3n) is 11.0. The molecule has 0 bridgehead atoms. The molecule has 5 N–H and O–H groups in total. The molecule has 7 rings (SSSR count). The molecule has 1 aliphatic rings. The van der Waals surface area contributed by atoms with Gasteiger partial charge in [0.1, 0.15) is 48.3 Å². The standard InChI is InChI=1S/C50H56N4O11S2/c1-31-45(66-30-52-31)33-7-5-32(6-8-33)27-51-48(59)41-25-37(57)28-54(41)49(60)47(50(2,3)4)53-43(58)29-63-22-21-61-19-20-62-23-24-64-38-14-16-39(17-15-38)65-44-40-18-13-36(56)26-42(40)67-46(44)34-9-11-35(55)12-10-34/h5-18,26,30,37,41,47,55-57H,19-25,27-29H2,1-4H3,(H,51,59)(H,53,58)/t37-,41+,47-/m1/s1. The number of β-amino-alcohol motifs (C(OH)–C–C–N with tert-alkyl or cyclic N) is 1. The van der Waals surface area contributed by atoms with Crippen molar-refractivity contribution >= 4 is 50.5 Å². The molecule has 0 unspecified atom stereocenters. The van der Waals surface area contributed by atoms with Crippen molar-refractivity contribution in [3.8, 4) is 49.6 Å². The summed E-state index contributed by atoms with van der Waals surface area (Å²) in [6.07, 6.45) is -0.785. The highest BCUT2D eigenvalue weighted by Gasteiger charge is 2.44. The molecule has 0 aliphatic carbocycles. The maximum absolute atomic E-state index is 13.9. The number of aromatic hydroxyl groups is 2. The summed E-state index contributed by atoms with van der Waals surface area (Å²) in [5, 5.41) is 36.9. The highest BCUT2D eigenvalue weighted by Crippen LogP contribution is 2.47. The molecular formula is C50H56N4O11S2. The number of aliphatic hydroxyl groups is 1. The van der Waals surface area contributed by atoms with Crippen molar-refractivity contribution in [1.82, 2.24) is 20.5 Å². The van der Waals surface area contributed by atoms with Crippen LogP contribution in [0.5, 0.6) is 28.7 Å². The van der Waals surface area contributed by atoms with Crippen LogP contribution >= 0.6 is 22.7 Å². The summed E-state index contributed by atoms with van der Waals surface area (Å²) in [7, 11) is 0. The van der Waals surface area contributed by atoms with Gasteiger partial charge in [-0.1, -0.05) is 45.0 Å². The summed E-state index contributed by atoms with van der Waals surface area (Å²) in [6.45, 7) is 9.02. The van der Waals surface area contributed by atoms with E-state index in [0.717, 1.165) is 42.2 Å². The maximum atomic E-state index is 13.9. The third-order valence-corrected chi connectivity index (χ3v) is 13.1. The number of benzene rings is 4. The number of amides is 3. The number of rotatable bonds is 21. The molecule has 4 aromatic carbocycles. The van der Waals surface area contributed by atoms with E-state index < -0.39 is 35.4 Å². The summed E-state index contributed by atoms with van der Waals surface area (Å²) < 4.78 is 29.8. The van der Waals surface area contributed by atoms with Crippen LogP contribution in [0.1, 0.15) is 38.4 Å². The predicted octanol–water partition coefficient (Wildman–Crippen LogP) is 7.44. The number of nitrogens with one attached hydrogen (secondary N) is 2. The first kappa shape index (κ1) is 48.8. The Morgan fingerprint density at radius 2 is 1.43 bits per heavy atom. The fraction of sp³-hybridized carbons (Fsp3) is 0.360. The van der Waals surface area contributed by atoms with Crippen LogP contribution in [0.15, 0.2) is 96.5 Å². The molecule has 67 heavy (non-hydrogen) atoms. The van der Waals surface area contributed by atoms with E-state index in [9.17, 15) is 29.7 Å². The Bertz CT molecular complexity index is 2590. The number of aryl methyl sites for hydroxylation is 1. The van der Waals surface area contributed by atoms with Crippen molar-refractivity contribution in [2.24, 2.45) is 5.41 Å². The number of nitrogens with zero attached hydrogens (tertiary/aromatic N) is 2. The molecular weight excluding hydrogens is 897 g/mol. The van der Waals surface area contributed by atoms with Gasteiger partial charge in [-0.05, 0) is 95.8 Å². The smallest absolute Gasteiger partial charge is 0.246 e. The molecule has 3 amide bonds. The molecule has 0 radical (unpaired) electrons. The second kappa shape index (κ2) is 22.6. The second-order valence-corrected chi connectivity index (χ2v) is 19.0. The first-order valence-electron chi connectivity index (χ1n) is 22.0. The zero-order valence-corrected chi connectivity index (χ0v) is 39.5. The number of hydrogen-bond donors (Lipinski definition) is 5. The number of thiazole rings is 1. The van der Waals surface area contributed by atoms with Crippen molar-refractivity contribution in [3.05, 3.63) is 108 Å². The van der Waals surface area contributed by atoms with E-state index in [1.807, 2.05) is 99.9 Å². The number of phenolic OH excluding ortho intramolecular Hbond substituents is 2. The summed E-state index contributed by atoms with van der Waals surface area (Å²) in [6, 6.07) is 25.3. The molecule has 6 aromatic rings. The van der Waals surface area contributed by atoms with E-state index >= 15 is 0 Å². The average Bonchev–Trinajstić information content (AvgIpc) is 4.03. The van der Waals surface area contributed by atoms with Gasteiger partial charge in [-0.15, -0.1) is 22.7 Å². The van der Waals surface area contributed by atoms with Crippen molar-refractivity contribution < 1.29 is 53.4 Å². The lowest BCUT2D eigenvalue weighted by molar-refractivity contribution is -0.144. The third kappa shape index (κ3) is 13.1. The average molecular weight is 953 g/mol. The van der Waals surface area contributed by atoms with E-state index in [0.29, 0.717) is 43.7 Å². The van der Waals surface area contributed by atoms with Gasteiger partial charge in [-0.2, -0.15) is 0 Å². The molecule has 3 atom stereocenters. The van der Waals surface area contributed by atoms with Crippen LogP contribution < -0.4 is 20.1 Å². The van der Waals surface area contributed by atoms with Gasteiger partial charge in [0.05, 0.1) is 60.1 Å². The minimum Gasteiger partial charge on any atom is -0.508 e. The molecule has 2 aromatic heterocycles. The SMILES string of the molecule is Cc1ncsc1-c1ccc(CNC(=O)[C@@H]2C[C@@H](O)CN2C(=O)[C@@H](NC(=O)COCCOCCOCCOc2ccc(Oc3c(-c4ccc(O)cc4)sc4cc(O)ccc34)cc2)C(C)(C)C)cc1. The fourth-order valence-corrected chi connectivity index (χ4v) is 9.47. The van der Waals surface area contributed by atoms with E-state index in [4.69, 9.17) is 23.7 Å². The van der Waals surface area contributed by atoms with Crippen LogP contribution in [0, 0.1) is 12.3 Å². The summed E-state index contributed by atoms with van der Waals surface area (Å²) in [4.78, 5) is 47.9. The van der Waals surface area contributed by atoms with Gasteiger partial charge < -0.3 is 54.5 Å². The summed E-state index contributed by atoms with van der Waals surface area (Å²) in [5.74, 6) is 0.920. The van der Waals surface area contributed by atoms with E-state index in [2.05, 4.69) is 15.6 Å². The molecule has 0 spiro atoms. The molecule has 1 fully saturated rings. The predicted molar refractivity (Wildman–Crippen MR) is 257 cm³/mol. The number of carbonyl (C=O) groups excluding carboxylic acids is 3. The van der Waals surface area contributed by atoms with E-state index in [-0.39, 0.29) is 56.7 Å². The first-order chi connectivity index (χ1) is 32.2. The Morgan fingerprint density at radius 3 is 2.10 bits per heavy atom. The first-order valence-corrected chi connectivity index (χ1v) is 23.7. The number of thiophene rings is 1. The van der Waals surface area contributed by atoms with Crippen molar-refractivity contribution in [1.29, 1.82) is 0 Å². The van der Waals surface area contributed by atoms with Crippen LogP contribution in [-0.4, -0.2) is 114 Å². The largest absolute Gasteiger partial charge is 0.508 e. The summed E-state index contributed by atoms with van der Waals surface area (Å²) in [5.41, 5.74) is 4.88. The van der Waals surface area contributed by atoms with Gasteiger partial charge in [0.15, 0.2) is 5.75 Å². The number of carbonyl (C=O) groups is 3. The Hall–Kier alpha value is -6.08. The molecule has 3 heterocycles. The lowest BCUT2D eigenvalue weighted by Crippen LogP contribution is -2.58. The minimum atomic E-state index is -0.973. The molecule has 0 saturated carbocycles. The highest BCUT2D eigenvalue weighted by atomic mass is 32.1. The van der Waals surface area contributed by atoms with Crippen LogP contribution in [0.2, 0.25) is 0 Å². The highest BCUT2D eigenvalue weighted by molar-refractivity contribution is 7.22.